The first-order valence-corrected chi connectivity index (χ1v) is 32.4. The molecule has 0 fully saturated rings. The van der Waals surface area contributed by atoms with Gasteiger partial charge in [-0.25, -0.2) is 0 Å². The maximum Gasteiger partial charge on any atom is 0.0665 e. The van der Waals surface area contributed by atoms with E-state index >= 15 is 0 Å². The summed E-state index contributed by atoms with van der Waals surface area (Å²) in [5.41, 5.74) is 6.01. The van der Waals surface area contributed by atoms with Crippen LogP contribution in [0.1, 0.15) is 334 Å². The molecular formula is C70H120N2Ni. The molecule has 0 amide bonds. The van der Waals surface area contributed by atoms with E-state index in [0.29, 0.717) is 0 Å². The minimum Gasteiger partial charge on any atom is -0.255 e. The van der Waals surface area contributed by atoms with Gasteiger partial charge in [0.15, 0.2) is 0 Å². The van der Waals surface area contributed by atoms with Crippen molar-refractivity contribution < 1.29 is 16.5 Å². The maximum atomic E-state index is 5.26. The Hall–Kier alpha value is -2.25. The molecule has 0 N–H and O–H groups in total. The molecular weight excluding hydrogens is 927 g/mol. The molecule has 0 atom stereocenters. The zero-order valence-electron chi connectivity index (χ0n) is 48.9. The molecule has 0 radical (unpaired) electrons. The minimum absolute atomic E-state index is 0. The van der Waals surface area contributed by atoms with Crippen molar-refractivity contribution in [1.82, 2.24) is 0 Å². The van der Waals surface area contributed by atoms with E-state index in [1.165, 1.54) is 281 Å². The molecule has 0 bridgehead atoms. The normalized spacial score (nSPS) is 12.1. The SMILES string of the molecule is CCCCCCCCCCCCCCCCCCCCC/C=C/CCCc1ccccc1N=CC(CCCC)=Nc1ccccc1CCC/C=C/CCCCCCCCCCCCCCCCCCCCC.[Ni]. The van der Waals surface area contributed by atoms with Crippen LogP contribution in [0.5, 0.6) is 0 Å². The van der Waals surface area contributed by atoms with Gasteiger partial charge >= 0.3 is 0 Å². The van der Waals surface area contributed by atoms with Gasteiger partial charge in [0, 0.05) is 22.7 Å². The number of aryl methyl sites for hydroxylation is 2. The molecule has 0 heterocycles. The standard InChI is InChI=1S/C70H120N2.Ni/c1-4-7-10-12-14-16-18-20-22-24-26-28-30-32-34-36-38-40-42-44-46-48-50-52-58-66-60-54-56-63-69(66)71-65-68(62-9-6-3)72-70-64-57-55-61-67(70)59-53-51-49-47-45-43-41-39-37-35-33-31-29-27-25-23-21-19-17-15-13-11-8-5-2;/h46-49,54-57,60-61,63-65H,4-45,50-53,58-59,62H2,1-3H3;/b48-46+,49-47+,71-65?,72-68?;. The molecule has 0 saturated heterocycles. The van der Waals surface area contributed by atoms with Gasteiger partial charge in [-0.2, -0.15) is 0 Å². The van der Waals surface area contributed by atoms with Crippen LogP contribution >= 0.6 is 0 Å². The summed E-state index contributed by atoms with van der Waals surface area (Å²) in [6.45, 7) is 6.88. The second kappa shape index (κ2) is 56.0. The van der Waals surface area contributed by atoms with Crippen LogP contribution in [0.15, 0.2) is 82.8 Å². The van der Waals surface area contributed by atoms with E-state index in [-0.39, 0.29) is 16.5 Å². The summed E-state index contributed by atoms with van der Waals surface area (Å²) >= 11 is 0. The third-order valence-corrected chi connectivity index (χ3v) is 15.3. The molecule has 0 spiro atoms. The summed E-state index contributed by atoms with van der Waals surface area (Å²) < 4.78 is 0. The number of para-hydroxylation sites is 2. The van der Waals surface area contributed by atoms with Crippen LogP contribution in [0.3, 0.4) is 0 Å². The van der Waals surface area contributed by atoms with Crippen LogP contribution in [0, 0.1) is 0 Å². The summed E-state index contributed by atoms with van der Waals surface area (Å²) in [6.07, 6.45) is 79.0. The average molecular weight is 1050 g/mol. The summed E-state index contributed by atoms with van der Waals surface area (Å²) in [7, 11) is 0. The van der Waals surface area contributed by atoms with Crippen LogP contribution in [-0.2, 0) is 29.3 Å². The zero-order chi connectivity index (χ0) is 51.1. The Bertz CT molecular complexity index is 1550. The molecule has 2 nitrogen and oxygen atoms in total. The monoisotopic (exact) mass is 1050 g/mol. The molecule has 2 aromatic rings. The first-order chi connectivity index (χ1) is 35.8. The van der Waals surface area contributed by atoms with E-state index in [2.05, 4.69) is 99.8 Å². The number of hydrogen-bond acceptors (Lipinski definition) is 2. The van der Waals surface area contributed by atoms with E-state index in [1.54, 1.807) is 0 Å². The van der Waals surface area contributed by atoms with E-state index < -0.39 is 0 Å². The second-order valence-corrected chi connectivity index (χ2v) is 22.3. The molecule has 0 aromatic heterocycles. The predicted octanol–water partition coefficient (Wildman–Crippen LogP) is 24.8. The van der Waals surface area contributed by atoms with Gasteiger partial charge in [0.05, 0.1) is 17.1 Å². The number of unbranched alkanes of at least 4 members (excludes halogenated alkanes) is 41. The van der Waals surface area contributed by atoms with E-state index in [4.69, 9.17) is 9.98 Å². The Morgan fingerprint density at radius 1 is 0.315 bits per heavy atom. The number of rotatable bonds is 54. The van der Waals surface area contributed by atoms with Crippen molar-refractivity contribution in [2.24, 2.45) is 9.98 Å². The van der Waals surface area contributed by atoms with Gasteiger partial charge in [0.1, 0.15) is 0 Å². The van der Waals surface area contributed by atoms with Gasteiger partial charge in [-0.15, -0.1) is 0 Å². The maximum absolute atomic E-state index is 5.26. The average Bonchev–Trinajstić information content (AvgIpc) is 3.40. The van der Waals surface area contributed by atoms with Crippen LogP contribution in [-0.4, -0.2) is 11.9 Å². The largest absolute Gasteiger partial charge is 0.255 e. The molecule has 0 aliphatic carbocycles. The van der Waals surface area contributed by atoms with Crippen LogP contribution in [0.4, 0.5) is 11.4 Å². The van der Waals surface area contributed by atoms with Crippen LogP contribution in [0.2, 0.25) is 0 Å². The molecule has 0 aliphatic rings. The number of aliphatic imine (C=N–C) groups is 2. The molecule has 420 valence electrons. The molecule has 3 heteroatoms. The van der Waals surface area contributed by atoms with Gasteiger partial charge in [-0.3, -0.25) is 9.98 Å². The molecule has 0 aliphatic heterocycles. The predicted molar refractivity (Wildman–Crippen MR) is 328 cm³/mol. The Labute approximate surface area is 466 Å². The summed E-state index contributed by atoms with van der Waals surface area (Å²) in [5, 5.41) is 0. The van der Waals surface area contributed by atoms with Crippen molar-refractivity contribution in [3.63, 3.8) is 0 Å². The fourth-order valence-electron chi connectivity index (χ4n) is 10.5. The fraction of sp³-hybridized carbons (Fsp3) is 0.743. The molecule has 73 heavy (non-hydrogen) atoms. The Morgan fingerprint density at radius 3 is 0.932 bits per heavy atom. The molecule has 2 rings (SSSR count). The third-order valence-electron chi connectivity index (χ3n) is 15.3. The first-order valence-electron chi connectivity index (χ1n) is 32.4. The van der Waals surface area contributed by atoms with E-state index in [0.717, 1.165) is 62.0 Å². The minimum atomic E-state index is 0. The van der Waals surface area contributed by atoms with Crippen LogP contribution in [0.25, 0.3) is 0 Å². The number of allylic oxidation sites excluding steroid dienone is 4. The van der Waals surface area contributed by atoms with Gasteiger partial charge < -0.3 is 0 Å². The Kier molecular flexibility index (Phi) is 52.7. The third kappa shape index (κ3) is 44.6. The summed E-state index contributed by atoms with van der Waals surface area (Å²) in [5.74, 6) is 0. The van der Waals surface area contributed by atoms with Crippen molar-refractivity contribution in [2.75, 3.05) is 0 Å². The molecule has 2 aromatic carbocycles. The Morgan fingerprint density at radius 2 is 0.589 bits per heavy atom. The van der Waals surface area contributed by atoms with Gasteiger partial charge in [-0.05, 0) is 100 Å². The zero-order valence-corrected chi connectivity index (χ0v) is 49.9. The quantitative estimate of drug-likeness (QED) is 0.0273. The number of nitrogens with zero attached hydrogens (tertiary/aromatic N) is 2. The number of benzene rings is 2. The van der Waals surface area contributed by atoms with Crippen molar-refractivity contribution in [3.8, 4) is 0 Å². The van der Waals surface area contributed by atoms with Crippen LogP contribution < -0.4 is 0 Å². The van der Waals surface area contributed by atoms with Gasteiger partial charge in [0.2, 0.25) is 0 Å². The summed E-state index contributed by atoms with van der Waals surface area (Å²) in [4.78, 5) is 10.3. The smallest absolute Gasteiger partial charge is 0.0665 e. The van der Waals surface area contributed by atoms with Crippen molar-refractivity contribution in [2.45, 2.75) is 335 Å². The van der Waals surface area contributed by atoms with Crippen molar-refractivity contribution >= 4 is 23.3 Å². The van der Waals surface area contributed by atoms with Crippen molar-refractivity contribution in [3.05, 3.63) is 84.0 Å². The fourth-order valence-corrected chi connectivity index (χ4v) is 10.5. The first kappa shape index (κ1) is 68.8. The van der Waals surface area contributed by atoms with E-state index in [1.807, 2.05) is 0 Å². The van der Waals surface area contributed by atoms with E-state index in [9.17, 15) is 0 Å². The topological polar surface area (TPSA) is 24.7 Å². The van der Waals surface area contributed by atoms with Gasteiger partial charge in [0.25, 0.3) is 0 Å². The number of hydrogen-bond donors (Lipinski definition) is 0. The molecule has 0 saturated carbocycles. The molecule has 0 unspecified atom stereocenters. The second-order valence-electron chi connectivity index (χ2n) is 22.3. The van der Waals surface area contributed by atoms with Crippen molar-refractivity contribution in [1.29, 1.82) is 0 Å². The Balaban J connectivity index is 0.0000266. The van der Waals surface area contributed by atoms with Gasteiger partial charge in [-0.1, -0.05) is 319 Å². The summed E-state index contributed by atoms with van der Waals surface area (Å²) in [6, 6.07) is 17.6.